The van der Waals surface area contributed by atoms with Gasteiger partial charge in [0, 0.05) is 19.2 Å². The van der Waals surface area contributed by atoms with Gasteiger partial charge < -0.3 is 11.1 Å². The first-order valence-electron chi connectivity index (χ1n) is 11.9. The molecule has 188 valence electrons. The molecule has 1 saturated heterocycles. The van der Waals surface area contributed by atoms with Crippen molar-refractivity contribution in [2.75, 3.05) is 30.7 Å². The van der Waals surface area contributed by atoms with Crippen LogP contribution in [0.1, 0.15) is 34.3 Å². The van der Waals surface area contributed by atoms with Crippen LogP contribution >= 0.6 is 0 Å². The van der Waals surface area contributed by atoms with E-state index in [1.165, 1.54) is 11.6 Å². The molecule has 0 aliphatic carbocycles. The van der Waals surface area contributed by atoms with Crippen LogP contribution in [0.25, 0.3) is 0 Å². The zero-order valence-electron chi connectivity index (χ0n) is 20.4. The maximum Gasteiger partial charge on any atom is 0.332 e. The lowest BCUT2D eigenvalue weighted by atomic mass is 9.95. The maximum atomic E-state index is 13.2. The number of hydrogen-bond acceptors (Lipinski definition) is 7. The van der Waals surface area contributed by atoms with Crippen molar-refractivity contribution in [1.82, 2.24) is 19.0 Å². The van der Waals surface area contributed by atoms with Crippen LogP contribution in [-0.2, 0) is 18.4 Å². The third-order valence-corrected chi connectivity index (χ3v) is 6.54. The number of anilines is 2. The number of benzene rings is 1. The lowest BCUT2D eigenvalue weighted by Gasteiger charge is -2.30. The number of amides is 1. The molecule has 0 bridgehead atoms. The van der Waals surface area contributed by atoms with E-state index in [-0.39, 0.29) is 36.3 Å². The molecule has 1 fully saturated rings. The number of piperidine rings is 1. The van der Waals surface area contributed by atoms with Crippen molar-refractivity contribution in [2.24, 2.45) is 13.0 Å². The van der Waals surface area contributed by atoms with Gasteiger partial charge in [0.2, 0.25) is 5.91 Å². The minimum absolute atomic E-state index is 0.0171. The highest BCUT2D eigenvalue weighted by atomic mass is 16.2. The smallest absolute Gasteiger partial charge is 0.332 e. The van der Waals surface area contributed by atoms with Crippen LogP contribution in [-0.4, -0.2) is 50.3 Å². The number of carbonyl (C=O) groups excluding carboxylic acids is 2. The summed E-state index contributed by atoms with van der Waals surface area (Å²) in [5.74, 6) is -0.331. The third-order valence-electron chi connectivity index (χ3n) is 6.54. The second-order valence-corrected chi connectivity index (χ2v) is 9.16. The van der Waals surface area contributed by atoms with E-state index in [9.17, 15) is 19.2 Å². The highest BCUT2D eigenvalue weighted by molar-refractivity contribution is 6.01. The summed E-state index contributed by atoms with van der Waals surface area (Å²) in [5.41, 5.74) is 6.58. The Morgan fingerprint density at radius 1 is 1.11 bits per heavy atom. The molecular weight excluding hydrogens is 460 g/mol. The van der Waals surface area contributed by atoms with Crippen LogP contribution in [0.2, 0.25) is 0 Å². The van der Waals surface area contributed by atoms with Gasteiger partial charge in [0.05, 0.1) is 13.1 Å². The molecule has 1 aliphatic heterocycles. The van der Waals surface area contributed by atoms with Crippen molar-refractivity contribution in [1.29, 1.82) is 0 Å². The number of nitrogens with one attached hydrogen (secondary N) is 1. The van der Waals surface area contributed by atoms with Gasteiger partial charge in [0.1, 0.15) is 17.2 Å². The average Bonchev–Trinajstić information content (AvgIpc) is 2.86. The number of hydrogen-bond donors (Lipinski definition) is 2. The molecule has 3 N–H and O–H groups in total. The SMILES string of the molecule is Cc1ccnc(NC(=O)C2CCN(CC(=O)c3c(N)n(Cc4ccccc4)c(=O)n(C)c3=O)CC2)c1. The summed E-state index contributed by atoms with van der Waals surface area (Å²) < 4.78 is 2.17. The molecule has 1 amide bonds. The number of rotatable bonds is 7. The highest BCUT2D eigenvalue weighted by Crippen LogP contribution is 2.20. The first kappa shape index (κ1) is 25.1. The Morgan fingerprint density at radius 2 is 1.81 bits per heavy atom. The minimum atomic E-state index is -0.702. The number of aromatic nitrogens is 3. The summed E-state index contributed by atoms with van der Waals surface area (Å²) in [6.07, 6.45) is 2.80. The monoisotopic (exact) mass is 490 g/mol. The molecule has 10 heteroatoms. The average molecular weight is 491 g/mol. The molecule has 3 aromatic rings. The van der Waals surface area contributed by atoms with Gasteiger partial charge in [-0.05, 0) is 56.1 Å². The minimum Gasteiger partial charge on any atom is -0.384 e. The summed E-state index contributed by atoms with van der Waals surface area (Å²) >= 11 is 0. The Bertz CT molecular complexity index is 1390. The molecule has 0 radical (unpaired) electrons. The number of aryl methyl sites for hydroxylation is 1. The van der Waals surface area contributed by atoms with Crippen molar-refractivity contribution in [3.8, 4) is 0 Å². The van der Waals surface area contributed by atoms with E-state index in [1.807, 2.05) is 54.3 Å². The largest absolute Gasteiger partial charge is 0.384 e. The van der Waals surface area contributed by atoms with E-state index < -0.39 is 17.0 Å². The van der Waals surface area contributed by atoms with Gasteiger partial charge in [-0.2, -0.15) is 0 Å². The lowest BCUT2D eigenvalue weighted by Crippen LogP contribution is -2.45. The van der Waals surface area contributed by atoms with Crippen molar-refractivity contribution < 1.29 is 9.59 Å². The highest BCUT2D eigenvalue weighted by Gasteiger charge is 2.28. The predicted octanol–water partition coefficient (Wildman–Crippen LogP) is 1.41. The Labute approximate surface area is 208 Å². The van der Waals surface area contributed by atoms with Crippen LogP contribution in [0.4, 0.5) is 11.6 Å². The van der Waals surface area contributed by atoms with Gasteiger partial charge in [-0.15, -0.1) is 0 Å². The predicted molar refractivity (Wildman–Crippen MR) is 137 cm³/mol. The molecule has 1 aliphatic rings. The van der Waals surface area contributed by atoms with Gasteiger partial charge in [-0.25, -0.2) is 9.78 Å². The van der Waals surface area contributed by atoms with Crippen LogP contribution in [0.5, 0.6) is 0 Å². The molecule has 1 aromatic carbocycles. The van der Waals surface area contributed by atoms with E-state index in [1.54, 1.807) is 6.20 Å². The summed E-state index contributed by atoms with van der Waals surface area (Å²) in [5, 5.41) is 2.86. The number of pyridine rings is 1. The van der Waals surface area contributed by atoms with Gasteiger partial charge in [-0.3, -0.25) is 28.4 Å². The summed E-state index contributed by atoms with van der Waals surface area (Å²) in [7, 11) is 1.34. The van der Waals surface area contributed by atoms with Gasteiger partial charge in [0.15, 0.2) is 5.78 Å². The number of nitrogen functional groups attached to an aromatic ring is 1. The first-order chi connectivity index (χ1) is 17.2. The molecule has 0 unspecified atom stereocenters. The molecule has 0 atom stereocenters. The fourth-order valence-corrected chi connectivity index (χ4v) is 4.43. The van der Waals surface area contributed by atoms with Gasteiger partial charge in [0.25, 0.3) is 5.56 Å². The van der Waals surface area contributed by atoms with E-state index >= 15 is 0 Å². The molecule has 10 nitrogen and oxygen atoms in total. The lowest BCUT2D eigenvalue weighted by molar-refractivity contribution is -0.121. The second kappa shape index (κ2) is 10.7. The molecule has 0 saturated carbocycles. The summed E-state index contributed by atoms with van der Waals surface area (Å²) in [4.78, 5) is 57.4. The van der Waals surface area contributed by atoms with Crippen molar-refractivity contribution in [3.63, 3.8) is 0 Å². The van der Waals surface area contributed by atoms with Crippen LogP contribution in [0, 0.1) is 12.8 Å². The fourth-order valence-electron chi connectivity index (χ4n) is 4.43. The first-order valence-corrected chi connectivity index (χ1v) is 11.9. The zero-order valence-corrected chi connectivity index (χ0v) is 20.4. The Hall–Kier alpha value is -4.05. The number of carbonyl (C=O) groups is 2. The van der Waals surface area contributed by atoms with Crippen LogP contribution < -0.4 is 22.3 Å². The number of nitrogens with zero attached hydrogens (tertiary/aromatic N) is 4. The van der Waals surface area contributed by atoms with E-state index in [2.05, 4.69) is 10.3 Å². The van der Waals surface area contributed by atoms with Gasteiger partial charge in [-0.1, -0.05) is 30.3 Å². The number of nitrogens with two attached hydrogens (primary N) is 1. The molecule has 2 aromatic heterocycles. The Morgan fingerprint density at radius 3 is 2.47 bits per heavy atom. The van der Waals surface area contributed by atoms with Gasteiger partial charge >= 0.3 is 5.69 Å². The third kappa shape index (κ3) is 5.44. The fraction of sp³-hybridized carbons (Fsp3) is 0.346. The Balaban J connectivity index is 1.43. The topological polar surface area (TPSA) is 132 Å². The molecule has 36 heavy (non-hydrogen) atoms. The normalized spacial score (nSPS) is 14.5. The standard InChI is InChI=1S/C26H30N6O4/c1-17-8-11-28-21(14-17)29-24(34)19-9-12-31(13-10-19)16-20(33)22-23(27)32(26(36)30(2)25(22)35)15-18-6-4-3-5-7-18/h3-8,11,14,19H,9-10,12-13,15-16,27H2,1-2H3,(H,28,29,34). The number of Topliss-reactive ketones (excluding diaryl/α,β-unsaturated/α-hetero) is 1. The number of likely N-dealkylation sites (tertiary alicyclic amines) is 1. The summed E-state index contributed by atoms with van der Waals surface area (Å²) in [6.45, 7) is 3.11. The number of ketones is 1. The van der Waals surface area contributed by atoms with Crippen LogP contribution in [0.3, 0.4) is 0 Å². The van der Waals surface area contributed by atoms with Crippen molar-refractivity contribution >= 4 is 23.3 Å². The molecule has 3 heterocycles. The maximum absolute atomic E-state index is 13.2. The van der Waals surface area contributed by atoms with E-state index in [0.717, 1.165) is 15.7 Å². The summed E-state index contributed by atoms with van der Waals surface area (Å²) in [6, 6.07) is 12.9. The van der Waals surface area contributed by atoms with Crippen molar-refractivity contribution in [3.05, 3.63) is 86.2 Å². The Kier molecular flexibility index (Phi) is 7.44. The van der Waals surface area contributed by atoms with E-state index in [4.69, 9.17) is 5.73 Å². The second-order valence-electron chi connectivity index (χ2n) is 9.16. The zero-order chi connectivity index (χ0) is 25.8. The quantitative estimate of drug-likeness (QED) is 0.479. The van der Waals surface area contributed by atoms with Crippen LogP contribution in [0.15, 0.2) is 58.3 Å². The molecule has 0 spiro atoms. The van der Waals surface area contributed by atoms with Crippen molar-refractivity contribution in [2.45, 2.75) is 26.3 Å². The van der Waals surface area contributed by atoms with E-state index in [0.29, 0.717) is 31.7 Å². The molecular formula is C26H30N6O4. The molecule has 4 rings (SSSR count).